The molecule has 1 amide bonds. The molecule has 0 saturated carbocycles. The lowest BCUT2D eigenvalue weighted by atomic mass is 10.1. The molecule has 0 N–H and O–H groups in total. The van der Waals surface area contributed by atoms with E-state index in [1.54, 1.807) is 17.1 Å². The van der Waals surface area contributed by atoms with Crippen LogP contribution in [0.15, 0.2) is 25.3 Å². The van der Waals surface area contributed by atoms with Crippen LogP contribution in [-0.2, 0) is 4.74 Å². The van der Waals surface area contributed by atoms with Crippen LogP contribution in [0.25, 0.3) is 0 Å². The van der Waals surface area contributed by atoms with Crippen LogP contribution in [0.4, 0.5) is 4.79 Å². The number of rotatable bonds is 4. The smallest absolute Gasteiger partial charge is 0.410 e. The van der Waals surface area contributed by atoms with Gasteiger partial charge in [0, 0.05) is 6.54 Å². The second-order valence-electron chi connectivity index (χ2n) is 3.12. The fraction of sp³-hybridized carbons (Fsp3) is 0.500. The van der Waals surface area contributed by atoms with Crippen molar-refractivity contribution in [2.45, 2.75) is 25.5 Å². The van der Waals surface area contributed by atoms with Gasteiger partial charge >= 0.3 is 6.09 Å². The first-order chi connectivity index (χ1) is 6.20. The Kier molecular flexibility index (Phi) is 3.12. The minimum atomic E-state index is -0.251. The highest BCUT2D eigenvalue weighted by Crippen LogP contribution is 2.21. The van der Waals surface area contributed by atoms with E-state index in [-0.39, 0.29) is 18.2 Å². The SMILES string of the molecule is C=CC[C@@H]1[C@@H](C)OC(=O)N1CC=C. The molecule has 0 unspecified atom stereocenters. The van der Waals surface area contributed by atoms with Crippen molar-refractivity contribution >= 4 is 6.09 Å². The number of hydrogen-bond acceptors (Lipinski definition) is 2. The quantitative estimate of drug-likeness (QED) is 0.620. The Bertz CT molecular complexity index is 225. The van der Waals surface area contributed by atoms with Crippen molar-refractivity contribution < 1.29 is 9.53 Å². The van der Waals surface area contributed by atoms with E-state index in [0.717, 1.165) is 6.42 Å². The van der Waals surface area contributed by atoms with E-state index in [2.05, 4.69) is 13.2 Å². The maximum absolute atomic E-state index is 11.3. The van der Waals surface area contributed by atoms with Crippen LogP contribution in [0.5, 0.6) is 0 Å². The fourth-order valence-corrected chi connectivity index (χ4v) is 1.53. The molecular formula is C10H15NO2. The van der Waals surface area contributed by atoms with Gasteiger partial charge in [-0.05, 0) is 13.3 Å². The van der Waals surface area contributed by atoms with Crippen LogP contribution >= 0.6 is 0 Å². The molecule has 0 aromatic heterocycles. The number of ether oxygens (including phenoxy) is 1. The Morgan fingerprint density at radius 2 is 2.23 bits per heavy atom. The molecule has 1 heterocycles. The second-order valence-corrected chi connectivity index (χ2v) is 3.12. The molecule has 13 heavy (non-hydrogen) atoms. The normalized spacial score (nSPS) is 27.2. The minimum absolute atomic E-state index is 0.0505. The summed E-state index contributed by atoms with van der Waals surface area (Å²) in [5.74, 6) is 0. The van der Waals surface area contributed by atoms with Crippen molar-refractivity contribution in [3.05, 3.63) is 25.3 Å². The molecule has 1 saturated heterocycles. The molecule has 3 heteroatoms. The Balaban J connectivity index is 2.69. The summed E-state index contributed by atoms with van der Waals surface area (Å²) in [5.41, 5.74) is 0. The molecule has 0 aliphatic carbocycles. The van der Waals surface area contributed by atoms with Crippen molar-refractivity contribution in [2.75, 3.05) is 6.54 Å². The molecular weight excluding hydrogens is 166 g/mol. The molecule has 0 radical (unpaired) electrons. The highest BCUT2D eigenvalue weighted by atomic mass is 16.6. The van der Waals surface area contributed by atoms with Gasteiger partial charge in [0.15, 0.2) is 0 Å². The third kappa shape index (κ3) is 1.91. The van der Waals surface area contributed by atoms with Crippen LogP contribution in [0.3, 0.4) is 0 Å². The first kappa shape index (κ1) is 9.84. The van der Waals surface area contributed by atoms with E-state index in [4.69, 9.17) is 4.74 Å². The number of carbonyl (C=O) groups is 1. The summed E-state index contributed by atoms with van der Waals surface area (Å²) in [6, 6.07) is 0.114. The molecule has 0 aromatic rings. The van der Waals surface area contributed by atoms with Crippen LogP contribution in [0.2, 0.25) is 0 Å². The molecule has 1 aliphatic heterocycles. The summed E-state index contributed by atoms with van der Waals surface area (Å²) in [5, 5.41) is 0. The van der Waals surface area contributed by atoms with E-state index in [1.807, 2.05) is 6.92 Å². The number of nitrogens with zero attached hydrogens (tertiary/aromatic N) is 1. The summed E-state index contributed by atoms with van der Waals surface area (Å²) in [6.45, 7) is 9.70. The summed E-state index contributed by atoms with van der Waals surface area (Å²) in [7, 11) is 0. The summed E-state index contributed by atoms with van der Waals surface area (Å²) >= 11 is 0. The van der Waals surface area contributed by atoms with Crippen LogP contribution in [0, 0.1) is 0 Å². The highest BCUT2D eigenvalue weighted by molar-refractivity contribution is 5.70. The summed E-state index contributed by atoms with van der Waals surface area (Å²) in [6.07, 6.45) is 3.97. The van der Waals surface area contributed by atoms with Crippen LogP contribution in [0.1, 0.15) is 13.3 Å². The van der Waals surface area contributed by atoms with E-state index < -0.39 is 0 Å². The Labute approximate surface area is 78.7 Å². The van der Waals surface area contributed by atoms with Gasteiger partial charge in [0.05, 0.1) is 6.04 Å². The van der Waals surface area contributed by atoms with E-state index in [1.165, 1.54) is 0 Å². The zero-order valence-electron chi connectivity index (χ0n) is 7.90. The molecule has 0 aromatic carbocycles. The van der Waals surface area contributed by atoms with Crippen molar-refractivity contribution in [1.29, 1.82) is 0 Å². The van der Waals surface area contributed by atoms with E-state index >= 15 is 0 Å². The lowest BCUT2D eigenvalue weighted by molar-refractivity contribution is 0.137. The van der Waals surface area contributed by atoms with Gasteiger partial charge in [-0.15, -0.1) is 13.2 Å². The molecule has 2 atom stereocenters. The maximum Gasteiger partial charge on any atom is 0.410 e. The molecule has 0 spiro atoms. The summed E-state index contributed by atoms with van der Waals surface area (Å²) in [4.78, 5) is 13.0. The van der Waals surface area contributed by atoms with E-state index in [9.17, 15) is 4.79 Å². The van der Waals surface area contributed by atoms with Gasteiger partial charge in [0.2, 0.25) is 0 Å². The highest BCUT2D eigenvalue weighted by Gasteiger charge is 2.37. The molecule has 1 fully saturated rings. The predicted octanol–water partition coefficient (Wildman–Crippen LogP) is 1.96. The zero-order valence-corrected chi connectivity index (χ0v) is 7.90. The van der Waals surface area contributed by atoms with Gasteiger partial charge in [0.1, 0.15) is 6.10 Å². The van der Waals surface area contributed by atoms with Gasteiger partial charge in [-0.2, -0.15) is 0 Å². The number of carbonyl (C=O) groups excluding carboxylic acids is 1. The van der Waals surface area contributed by atoms with Crippen molar-refractivity contribution in [1.82, 2.24) is 4.90 Å². The van der Waals surface area contributed by atoms with Crippen molar-refractivity contribution in [3.63, 3.8) is 0 Å². The van der Waals surface area contributed by atoms with E-state index in [0.29, 0.717) is 6.54 Å². The molecule has 1 aliphatic rings. The van der Waals surface area contributed by atoms with Gasteiger partial charge in [-0.1, -0.05) is 12.2 Å². The first-order valence-electron chi connectivity index (χ1n) is 4.39. The fourth-order valence-electron chi connectivity index (χ4n) is 1.53. The average molecular weight is 181 g/mol. The van der Waals surface area contributed by atoms with Crippen molar-refractivity contribution in [3.8, 4) is 0 Å². The number of amides is 1. The molecule has 0 bridgehead atoms. The standard InChI is InChI=1S/C10H15NO2/c1-4-6-9-8(3)13-10(12)11(9)7-5-2/h4-5,8-9H,1-2,6-7H2,3H3/t8-,9-/m1/s1. The van der Waals surface area contributed by atoms with Gasteiger partial charge in [0.25, 0.3) is 0 Å². The third-order valence-corrected chi connectivity index (χ3v) is 2.20. The van der Waals surface area contributed by atoms with Crippen molar-refractivity contribution in [2.24, 2.45) is 0 Å². The topological polar surface area (TPSA) is 29.5 Å². The second kappa shape index (κ2) is 4.12. The third-order valence-electron chi connectivity index (χ3n) is 2.20. The molecule has 72 valence electrons. The van der Waals surface area contributed by atoms with Gasteiger partial charge in [-0.25, -0.2) is 4.79 Å². The van der Waals surface area contributed by atoms with Gasteiger partial charge < -0.3 is 4.74 Å². The van der Waals surface area contributed by atoms with Crippen LogP contribution in [-0.4, -0.2) is 29.7 Å². The predicted molar refractivity (Wildman–Crippen MR) is 51.4 cm³/mol. The Hall–Kier alpha value is -1.25. The number of hydrogen-bond donors (Lipinski definition) is 0. The number of cyclic esters (lactones) is 1. The monoisotopic (exact) mass is 181 g/mol. The largest absolute Gasteiger partial charge is 0.444 e. The zero-order chi connectivity index (χ0) is 9.84. The summed E-state index contributed by atoms with van der Waals surface area (Å²) < 4.78 is 5.08. The average Bonchev–Trinajstić information content (AvgIpc) is 2.33. The minimum Gasteiger partial charge on any atom is -0.444 e. The van der Waals surface area contributed by atoms with Crippen LogP contribution < -0.4 is 0 Å². The first-order valence-corrected chi connectivity index (χ1v) is 4.39. The molecule has 3 nitrogen and oxygen atoms in total. The molecule has 1 rings (SSSR count). The maximum atomic E-state index is 11.3. The lowest BCUT2D eigenvalue weighted by Gasteiger charge is -2.20. The lowest BCUT2D eigenvalue weighted by Crippen LogP contribution is -2.35. The Morgan fingerprint density at radius 1 is 1.54 bits per heavy atom. The van der Waals surface area contributed by atoms with Gasteiger partial charge in [-0.3, -0.25) is 4.90 Å². The Morgan fingerprint density at radius 3 is 2.77 bits per heavy atom.